The zero-order chi connectivity index (χ0) is 13.2. The van der Waals surface area contributed by atoms with Crippen LogP contribution < -0.4 is 4.72 Å². The van der Waals surface area contributed by atoms with Crippen molar-refractivity contribution in [2.75, 3.05) is 13.1 Å². The maximum absolute atomic E-state index is 11.8. The van der Waals surface area contributed by atoms with Crippen molar-refractivity contribution in [3.63, 3.8) is 0 Å². The van der Waals surface area contributed by atoms with E-state index in [-0.39, 0.29) is 12.2 Å². The van der Waals surface area contributed by atoms with Crippen molar-refractivity contribution in [1.82, 2.24) is 14.0 Å². The zero-order valence-corrected chi connectivity index (χ0v) is 11.1. The van der Waals surface area contributed by atoms with Crippen molar-refractivity contribution in [3.8, 4) is 0 Å². The lowest BCUT2D eigenvalue weighted by molar-refractivity contribution is 0.0691. The summed E-state index contributed by atoms with van der Waals surface area (Å²) in [5.74, 6) is -1.11. The Labute approximate surface area is 109 Å². The molecule has 0 spiro atoms. The molecule has 2 N–H and O–H groups in total. The van der Waals surface area contributed by atoms with Gasteiger partial charge in [-0.25, -0.2) is 9.78 Å². The van der Waals surface area contributed by atoms with E-state index in [1.54, 1.807) is 0 Å². The summed E-state index contributed by atoms with van der Waals surface area (Å²) in [5.41, 5.74) is -0.0598. The first kappa shape index (κ1) is 13.4. The molecule has 1 aliphatic heterocycles. The highest BCUT2D eigenvalue weighted by molar-refractivity contribution is 7.87. The largest absolute Gasteiger partial charge is 0.476 e. The summed E-state index contributed by atoms with van der Waals surface area (Å²) in [6.45, 7) is 1.10. The molecule has 0 unspecified atom stereocenters. The fourth-order valence-corrected chi connectivity index (χ4v) is 3.70. The quantitative estimate of drug-likeness (QED) is 0.811. The van der Waals surface area contributed by atoms with Gasteiger partial charge in [-0.05, 0) is 12.8 Å². The van der Waals surface area contributed by atoms with Crippen LogP contribution >= 0.6 is 11.3 Å². The minimum atomic E-state index is -3.47. The van der Waals surface area contributed by atoms with E-state index in [1.165, 1.54) is 9.69 Å². The average molecular weight is 291 g/mol. The summed E-state index contributed by atoms with van der Waals surface area (Å²) in [5, 5.41) is 10.5. The smallest absolute Gasteiger partial charge is 0.355 e. The van der Waals surface area contributed by atoms with Crippen LogP contribution in [-0.4, -0.2) is 41.9 Å². The van der Waals surface area contributed by atoms with Gasteiger partial charge in [0, 0.05) is 18.5 Å². The van der Waals surface area contributed by atoms with Crippen molar-refractivity contribution in [3.05, 3.63) is 16.1 Å². The molecule has 1 aromatic heterocycles. The predicted molar refractivity (Wildman–Crippen MR) is 65.6 cm³/mol. The van der Waals surface area contributed by atoms with E-state index in [0.717, 1.165) is 24.2 Å². The summed E-state index contributed by atoms with van der Waals surface area (Å²) in [6.07, 6.45) is 1.75. The second-order valence-corrected chi connectivity index (χ2v) is 6.56. The number of nitrogens with one attached hydrogen (secondary N) is 1. The molecule has 0 aliphatic carbocycles. The molecule has 0 amide bonds. The monoisotopic (exact) mass is 291 g/mol. The standard InChI is InChI=1S/C9H13N3O4S2/c13-9(14)7-6-17-8(11-7)5-10-18(15,16)12-3-1-2-4-12/h6,10H,1-5H2,(H,13,14). The molecule has 0 bridgehead atoms. The van der Waals surface area contributed by atoms with Crippen LogP contribution in [0.1, 0.15) is 28.3 Å². The molecule has 2 rings (SSSR count). The number of nitrogens with zero attached hydrogens (tertiary/aromatic N) is 2. The molecule has 0 aromatic carbocycles. The Morgan fingerprint density at radius 1 is 1.50 bits per heavy atom. The molecule has 18 heavy (non-hydrogen) atoms. The van der Waals surface area contributed by atoms with Gasteiger partial charge in [-0.15, -0.1) is 11.3 Å². The lowest BCUT2D eigenvalue weighted by Gasteiger charge is -2.15. The van der Waals surface area contributed by atoms with Gasteiger partial charge in [0.2, 0.25) is 0 Å². The van der Waals surface area contributed by atoms with Crippen LogP contribution in [0, 0.1) is 0 Å². The first-order chi connectivity index (χ1) is 8.49. The van der Waals surface area contributed by atoms with Crippen LogP contribution in [0.2, 0.25) is 0 Å². The summed E-state index contributed by atoms with van der Waals surface area (Å²) in [7, 11) is -3.47. The fraction of sp³-hybridized carbons (Fsp3) is 0.556. The average Bonchev–Trinajstić information content (AvgIpc) is 2.98. The third-order valence-corrected chi connectivity index (χ3v) is 4.98. The maximum Gasteiger partial charge on any atom is 0.355 e. The molecule has 2 heterocycles. The molecule has 100 valence electrons. The molecular formula is C9H13N3O4S2. The van der Waals surface area contributed by atoms with E-state index in [0.29, 0.717) is 18.1 Å². The second kappa shape index (κ2) is 5.31. The summed E-state index contributed by atoms with van der Waals surface area (Å²) < 4.78 is 27.5. The Bertz CT molecular complexity index is 534. The molecule has 0 atom stereocenters. The van der Waals surface area contributed by atoms with Crippen LogP contribution in [0.25, 0.3) is 0 Å². The van der Waals surface area contributed by atoms with Crippen LogP contribution in [0.15, 0.2) is 5.38 Å². The van der Waals surface area contributed by atoms with Crippen LogP contribution in [-0.2, 0) is 16.8 Å². The lowest BCUT2D eigenvalue weighted by atomic mass is 10.4. The van der Waals surface area contributed by atoms with Crippen LogP contribution in [0.3, 0.4) is 0 Å². The normalized spacial score (nSPS) is 17.1. The number of carboxylic acids is 1. The van der Waals surface area contributed by atoms with E-state index in [1.807, 2.05) is 0 Å². The minimum Gasteiger partial charge on any atom is -0.476 e. The number of carbonyl (C=O) groups is 1. The van der Waals surface area contributed by atoms with E-state index >= 15 is 0 Å². The lowest BCUT2D eigenvalue weighted by Crippen LogP contribution is -2.38. The Hall–Kier alpha value is -1.03. The van der Waals surface area contributed by atoms with E-state index in [9.17, 15) is 13.2 Å². The van der Waals surface area contributed by atoms with Crippen LogP contribution in [0.4, 0.5) is 0 Å². The van der Waals surface area contributed by atoms with Gasteiger partial charge in [0.1, 0.15) is 5.01 Å². The summed E-state index contributed by atoms with van der Waals surface area (Å²) >= 11 is 1.12. The molecule has 0 radical (unpaired) electrons. The third kappa shape index (κ3) is 3.05. The van der Waals surface area contributed by atoms with Crippen molar-refractivity contribution in [1.29, 1.82) is 0 Å². The van der Waals surface area contributed by atoms with Gasteiger partial charge >= 0.3 is 5.97 Å². The number of aromatic nitrogens is 1. The first-order valence-electron chi connectivity index (χ1n) is 5.41. The van der Waals surface area contributed by atoms with Gasteiger partial charge < -0.3 is 5.11 Å². The Balaban J connectivity index is 1.96. The number of aromatic carboxylic acids is 1. The molecule has 1 aliphatic rings. The van der Waals surface area contributed by atoms with Gasteiger partial charge in [0.25, 0.3) is 10.2 Å². The van der Waals surface area contributed by atoms with Gasteiger partial charge in [-0.2, -0.15) is 17.4 Å². The molecule has 0 saturated carbocycles. The van der Waals surface area contributed by atoms with Gasteiger partial charge in [-0.1, -0.05) is 0 Å². The molecule has 1 fully saturated rings. The Morgan fingerprint density at radius 2 is 2.17 bits per heavy atom. The Morgan fingerprint density at radius 3 is 2.72 bits per heavy atom. The van der Waals surface area contributed by atoms with Crippen molar-refractivity contribution in [2.24, 2.45) is 0 Å². The molecule has 9 heteroatoms. The second-order valence-electron chi connectivity index (χ2n) is 3.86. The SMILES string of the molecule is O=C(O)c1csc(CNS(=O)(=O)N2CCCC2)n1. The van der Waals surface area contributed by atoms with Crippen molar-refractivity contribution >= 4 is 27.5 Å². The number of hydrogen-bond acceptors (Lipinski definition) is 5. The number of carboxylic acid groups (broad SMARTS) is 1. The number of hydrogen-bond donors (Lipinski definition) is 2. The van der Waals surface area contributed by atoms with Crippen molar-refractivity contribution < 1.29 is 18.3 Å². The third-order valence-electron chi connectivity index (χ3n) is 2.58. The molecular weight excluding hydrogens is 278 g/mol. The van der Waals surface area contributed by atoms with Gasteiger partial charge in [0.05, 0.1) is 6.54 Å². The van der Waals surface area contributed by atoms with Crippen LogP contribution in [0.5, 0.6) is 0 Å². The summed E-state index contributed by atoms with van der Waals surface area (Å²) in [4.78, 5) is 14.4. The zero-order valence-electron chi connectivity index (χ0n) is 9.50. The Kier molecular flexibility index (Phi) is 3.95. The highest BCUT2D eigenvalue weighted by Crippen LogP contribution is 2.13. The topological polar surface area (TPSA) is 99.6 Å². The van der Waals surface area contributed by atoms with E-state index in [2.05, 4.69) is 9.71 Å². The van der Waals surface area contributed by atoms with E-state index < -0.39 is 16.2 Å². The fourth-order valence-electron chi connectivity index (χ4n) is 1.66. The van der Waals surface area contributed by atoms with Crippen molar-refractivity contribution in [2.45, 2.75) is 19.4 Å². The molecule has 7 nitrogen and oxygen atoms in total. The van der Waals surface area contributed by atoms with E-state index in [4.69, 9.17) is 5.11 Å². The predicted octanol–water partition coefficient (Wildman–Crippen LogP) is 0.271. The van der Waals surface area contributed by atoms with Gasteiger partial charge in [0.15, 0.2) is 5.69 Å². The minimum absolute atomic E-state index is 0.0246. The highest BCUT2D eigenvalue weighted by Gasteiger charge is 2.25. The number of thiazole rings is 1. The van der Waals surface area contributed by atoms with Gasteiger partial charge in [-0.3, -0.25) is 0 Å². The highest BCUT2D eigenvalue weighted by atomic mass is 32.2. The maximum atomic E-state index is 11.8. The number of rotatable bonds is 5. The first-order valence-corrected chi connectivity index (χ1v) is 7.73. The molecule has 1 saturated heterocycles. The summed E-state index contributed by atoms with van der Waals surface area (Å²) in [6, 6.07) is 0. The molecule has 1 aromatic rings.